The summed E-state index contributed by atoms with van der Waals surface area (Å²) in [5, 5.41) is 12.3. The molecule has 0 aliphatic carbocycles. The summed E-state index contributed by atoms with van der Waals surface area (Å²) in [5.41, 5.74) is 1.02. The van der Waals surface area contributed by atoms with Gasteiger partial charge < -0.3 is 15.2 Å². The van der Waals surface area contributed by atoms with Gasteiger partial charge in [0.15, 0.2) is 0 Å². The first-order valence-electron chi connectivity index (χ1n) is 6.13. The van der Waals surface area contributed by atoms with Crippen molar-refractivity contribution < 1.29 is 14.6 Å². The zero-order chi connectivity index (χ0) is 14.5. The molecule has 0 radical (unpaired) electrons. The number of aromatic hydroxyl groups is 1. The van der Waals surface area contributed by atoms with Crippen molar-refractivity contribution in [3.05, 3.63) is 52.5 Å². The summed E-state index contributed by atoms with van der Waals surface area (Å²) in [5.74, 6) is 0.436. The molecule has 0 spiro atoms. The van der Waals surface area contributed by atoms with Crippen LogP contribution in [-0.4, -0.2) is 17.6 Å². The number of benzene rings is 2. The number of ether oxygens (including phenoxy) is 1. The Kier molecular flexibility index (Phi) is 4.63. The van der Waals surface area contributed by atoms with E-state index in [1.807, 2.05) is 13.0 Å². The highest BCUT2D eigenvalue weighted by Crippen LogP contribution is 2.25. The molecule has 0 heterocycles. The van der Waals surface area contributed by atoms with Gasteiger partial charge in [-0.2, -0.15) is 0 Å². The molecule has 0 atom stereocenters. The van der Waals surface area contributed by atoms with Crippen molar-refractivity contribution in [1.29, 1.82) is 0 Å². The Morgan fingerprint density at radius 2 is 2.10 bits per heavy atom. The molecule has 0 saturated heterocycles. The van der Waals surface area contributed by atoms with E-state index in [4.69, 9.17) is 4.74 Å². The van der Waals surface area contributed by atoms with E-state index in [2.05, 4.69) is 21.2 Å². The molecule has 0 unspecified atom stereocenters. The number of anilines is 1. The second kappa shape index (κ2) is 6.43. The van der Waals surface area contributed by atoms with Gasteiger partial charge in [-0.05, 0) is 53.2 Å². The summed E-state index contributed by atoms with van der Waals surface area (Å²) in [4.78, 5) is 12.1. The number of phenols is 1. The quantitative estimate of drug-likeness (QED) is 0.893. The van der Waals surface area contributed by atoms with Gasteiger partial charge in [-0.1, -0.05) is 6.07 Å². The Balaban J connectivity index is 2.14. The van der Waals surface area contributed by atoms with Crippen molar-refractivity contribution in [2.45, 2.75) is 6.92 Å². The molecule has 2 aromatic carbocycles. The largest absolute Gasteiger partial charge is 0.507 e. The second-order valence-electron chi connectivity index (χ2n) is 4.08. The fraction of sp³-hybridized carbons (Fsp3) is 0.133. The molecule has 20 heavy (non-hydrogen) atoms. The normalized spacial score (nSPS) is 10.1. The highest BCUT2D eigenvalue weighted by Gasteiger charge is 2.09. The molecule has 0 fully saturated rings. The van der Waals surface area contributed by atoms with E-state index in [1.54, 1.807) is 30.3 Å². The molecule has 1 amide bonds. The van der Waals surface area contributed by atoms with E-state index in [0.29, 0.717) is 28.1 Å². The van der Waals surface area contributed by atoms with E-state index < -0.39 is 0 Å². The molecule has 0 aliphatic rings. The number of nitrogens with one attached hydrogen (secondary N) is 1. The Hall–Kier alpha value is -2.01. The van der Waals surface area contributed by atoms with Gasteiger partial charge in [-0.25, -0.2) is 0 Å². The summed E-state index contributed by atoms with van der Waals surface area (Å²) in [6, 6.07) is 11.8. The van der Waals surface area contributed by atoms with Crippen molar-refractivity contribution in [2.75, 3.05) is 11.9 Å². The maximum Gasteiger partial charge on any atom is 0.255 e. The fourth-order valence-corrected chi connectivity index (χ4v) is 1.93. The zero-order valence-corrected chi connectivity index (χ0v) is 12.5. The first-order chi connectivity index (χ1) is 9.60. The lowest BCUT2D eigenvalue weighted by Crippen LogP contribution is -2.11. The monoisotopic (exact) mass is 335 g/mol. The van der Waals surface area contributed by atoms with Gasteiger partial charge in [0.05, 0.1) is 11.1 Å². The third-order valence-electron chi connectivity index (χ3n) is 2.61. The summed E-state index contributed by atoms with van der Waals surface area (Å²) < 4.78 is 5.92. The van der Waals surface area contributed by atoms with Crippen molar-refractivity contribution >= 4 is 27.5 Å². The van der Waals surface area contributed by atoms with Gasteiger partial charge in [0.25, 0.3) is 5.91 Å². The highest BCUT2D eigenvalue weighted by atomic mass is 79.9. The average molecular weight is 336 g/mol. The van der Waals surface area contributed by atoms with Crippen molar-refractivity contribution in [3.8, 4) is 11.5 Å². The molecular formula is C15H14BrNO3. The van der Waals surface area contributed by atoms with Gasteiger partial charge in [0.1, 0.15) is 11.5 Å². The topological polar surface area (TPSA) is 58.6 Å². The number of amides is 1. The lowest BCUT2D eigenvalue weighted by Gasteiger charge is -2.08. The van der Waals surface area contributed by atoms with Crippen molar-refractivity contribution in [3.63, 3.8) is 0 Å². The minimum Gasteiger partial charge on any atom is -0.507 e. The molecule has 0 saturated carbocycles. The maximum absolute atomic E-state index is 12.1. The lowest BCUT2D eigenvalue weighted by molar-refractivity contribution is 0.102. The second-order valence-corrected chi connectivity index (χ2v) is 4.94. The van der Waals surface area contributed by atoms with E-state index in [9.17, 15) is 9.90 Å². The Morgan fingerprint density at radius 1 is 1.30 bits per heavy atom. The minimum absolute atomic E-state index is 0.0284. The van der Waals surface area contributed by atoms with Crippen molar-refractivity contribution in [2.24, 2.45) is 0 Å². The number of carbonyl (C=O) groups is 1. The number of halogens is 1. The summed E-state index contributed by atoms with van der Waals surface area (Å²) >= 11 is 3.17. The lowest BCUT2D eigenvalue weighted by atomic mass is 10.2. The molecule has 2 N–H and O–H groups in total. The van der Waals surface area contributed by atoms with E-state index in [-0.39, 0.29) is 11.7 Å². The van der Waals surface area contributed by atoms with Gasteiger partial charge in [0, 0.05) is 17.3 Å². The molecule has 2 rings (SSSR count). The van der Waals surface area contributed by atoms with Crippen LogP contribution in [0.25, 0.3) is 0 Å². The van der Waals surface area contributed by atoms with Crippen LogP contribution < -0.4 is 10.1 Å². The Morgan fingerprint density at radius 3 is 2.80 bits per heavy atom. The molecule has 104 valence electrons. The summed E-state index contributed by atoms with van der Waals surface area (Å²) in [6.07, 6.45) is 0. The SMILES string of the molecule is CCOc1cccc(NC(=O)c2ccc(Br)c(O)c2)c1. The predicted molar refractivity (Wildman–Crippen MR) is 81.4 cm³/mol. The average Bonchev–Trinajstić information content (AvgIpc) is 2.42. The molecule has 2 aromatic rings. The van der Waals surface area contributed by atoms with Crippen molar-refractivity contribution in [1.82, 2.24) is 0 Å². The standard InChI is InChI=1S/C15H14BrNO3/c1-2-20-12-5-3-4-11(9-12)17-15(19)10-6-7-13(16)14(18)8-10/h3-9,18H,2H2,1H3,(H,17,19). The number of hydrogen-bond acceptors (Lipinski definition) is 3. The number of rotatable bonds is 4. The summed E-state index contributed by atoms with van der Waals surface area (Å²) in [6.45, 7) is 2.47. The van der Waals surface area contributed by atoms with Crippen LogP contribution in [0.3, 0.4) is 0 Å². The number of phenolic OH excluding ortho intramolecular Hbond substituents is 1. The van der Waals surface area contributed by atoms with E-state index in [0.717, 1.165) is 0 Å². The molecule has 0 aromatic heterocycles. The Bertz CT molecular complexity index is 628. The van der Waals surface area contributed by atoms with Crippen LogP contribution in [0.4, 0.5) is 5.69 Å². The van der Waals surface area contributed by atoms with Crippen LogP contribution in [0.1, 0.15) is 17.3 Å². The molecular weight excluding hydrogens is 322 g/mol. The van der Waals surface area contributed by atoms with E-state index in [1.165, 1.54) is 6.07 Å². The first-order valence-corrected chi connectivity index (χ1v) is 6.92. The minimum atomic E-state index is -0.290. The number of carbonyl (C=O) groups excluding carboxylic acids is 1. The van der Waals surface area contributed by atoms with Crippen LogP contribution in [0.2, 0.25) is 0 Å². The molecule has 0 bridgehead atoms. The molecule has 4 nitrogen and oxygen atoms in total. The van der Waals surface area contributed by atoms with Gasteiger partial charge in [-0.3, -0.25) is 4.79 Å². The number of hydrogen-bond donors (Lipinski definition) is 2. The third-order valence-corrected chi connectivity index (χ3v) is 3.28. The maximum atomic E-state index is 12.1. The summed E-state index contributed by atoms with van der Waals surface area (Å²) in [7, 11) is 0. The predicted octanol–water partition coefficient (Wildman–Crippen LogP) is 3.81. The molecule has 5 heteroatoms. The fourth-order valence-electron chi connectivity index (χ4n) is 1.69. The van der Waals surface area contributed by atoms with Crippen LogP contribution in [0.5, 0.6) is 11.5 Å². The smallest absolute Gasteiger partial charge is 0.255 e. The Labute approximate surface area is 125 Å². The van der Waals surface area contributed by atoms with Crippen LogP contribution in [0.15, 0.2) is 46.9 Å². The highest BCUT2D eigenvalue weighted by molar-refractivity contribution is 9.10. The first kappa shape index (κ1) is 14.4. The van der Waals surface area contributed by atoms with Gasteiger partial charge >= 0.3 is 0 Å². The van der Waals surface area contributed by atoms with Crippen LogP contribution in [-0.2, 0) is 0 Å². The zero-order valence-electron chi connectivity index (χ0n) is 10.9. The van der Waals surface area contributed by atoms with Gasteiger partial charge in [-0.15, -0.1) is 0 Å². The van der Waals surface area contributed by atoms with Crippen LogP contribution in [0, 0.1) is 0 Å². The van der Waals surface area contributed by atoms with E-state index >= 15 is 0 Å². The molecule has 0 aliphatic heterocycles. The van der Waals surface area contributed by atoms with Gasteiger partial charge in [0.2, 0.25) is 0 Å². The van der Waals surface area contributed by atoms with Crippen LogP contribution >= 0.6 is 15.9 Å². The third kappa shape index (κ3) is 3.51.